The number of hydrogen-bond acceptors (Lipinski definition) is 3. The summed E-state index contributed by atoms with van der Waals surface area (Å²) in [5.74, 6) is 2.08. The van der Waals surface area contributed by atoms with Crippen LogP contribution in [-0.2, 0) is 0 Å². The minimum absolute atomic E-state index is 0.126. The average molecular weight is 345 g/mol. The highest BCUT2D eigenvalue weighted by molar-refractivity contribution is 6.02. The van der Waals surface area contributed by atoms with Crippen molar-refractivity contribution in [1.82, 2.24) is 20.8 Å². The van der Waals surface area contributed by atoms with Gasteiger partial charge >= 0.3 is 0 Å². The second-order valence-electron chi connectivity index (χ2n) is 6.10. The third-order valence-corrected chi connectivity index (χ3v) is 4.08. The van der Waals surface area contributed by atoms with Crippen LogP contribution in [-0.4, -0.2) is 16.0 Å². The molecule has 0 radical (unpaired) electrons. The lowest BCUT2D eigenvalue weighted by molar-refractivity contribution is 0.635. The van der Waals surface area contributed by atoms with Crippen molar-refractivity contribution in [3.8, 4) is 0 Å². The van der Waals surface area contributed by atoms with Gasteiger partial charge in [-0.05, 0) is 25.0 Å². The van der Waals surface area contributed by atoms with Gasteiger partial charge in [-0.2, -0.15) is 5.10 Å². The highest BCUT2D eigenvalue weighted by Gasteiger charge is 2.11. The van der Waals surface area contributed by atoms with Crippen LogP contribution < -0.4 is 10.6 Å². The van der Waals surface area contributed by atoms with Gasteiger partial charge in [-0.1, -0.05) is 61.2 Å². The van der Waals surface area contributed by atoms with Gasteiger partial charge in [0.15, 0.2) is 0 Å². The zero-order chi connectivity index (χ0) is 18.4. The number of rotatable bonds is 6. The van der Waals surface area contributed by atoms with E-state index >= 15 is 0 Å². The fourth-order valence-corrected chi connectivity index (χ4v) is 2.69. The number of nitrogens with one attached hydrogen (secondary N) is 3. The molecule has 132 valence electrons. The smallest absolute Gasteiger partial charge is 0.150 e. The lowest BCUT2D eigenvalue weighted by Crippen LogP contribution is -2.33. The van der Waals surface area contributed by atoms with Crippen molar-refractivity contribution < 1.29 is 0 Å². The molecular weight excluding hydrogens is 322 g/mol. The van der Waals surface area contributed by atoms with E-state index in [9.17, 15) is 0 Å². The van der Waals surface area contributed by atoms with Crippen molar-refractivity contribution in [3.05, 3.63) is 96.0 Å². The number of aromatic amines is 1. The highest BCUT2D eigenvalue weighted by atomic mass is 15.2. The van der Waals surface area contributed by atoms with Gasteiger partial charge in [0.05, 0.1) is 12.0 Å². The second-order valence-corrected chi connectivity index (χ2v) is 6.10. The van der Waals surface area contributed by atoms with E-state index in [0.29, 0.717) is 17.5 Å². The number of H-pyrrole nitrogens is 1. The van der Waals surface area contributed by atoms with Crippen molar-refractivity contribution in [2.24, 2.45) is 4.99 Å². The van der Waals surface area contributed by atoms with Crippen molar-refractivity contribution in [2.75, 3.05) is 0 Å². The summed E-state index contributed by atoms with van der Waals surface area (Å²) < 4.78 is 0. The highest BCUT2D eigenvalue weighted by Crippen LogP contribution is 2.15. The lowest BCUT2D eigenvalue weighted by atomic mass is 10.1. The Morgan fingerprint density at radius 3 is 2.50 bits per heavy atom. The molecule has 1 unspecified atom stereocenters. The summed E-state index contributed by atoms with van der Waals surface area (Å²) in [4.78, 5) is 4.66. The molecular formula is C21H23N5. The topological polar surface area (TPSA) is 65.1 Å². The summed E-state index contributed by atoms with van der Waals surface area (Å²) in [5.41, 5.74) is 3.33. The van der Waals surface area contributed by atoms with E-state index in [1.807, 2.05) is 42.5 Å². The maximum absolute atomic E-state index is 4.66. The number of aromatic nitrogens is 2. The van der Waals surface area contributed by atoms with Gasteiger partial charge in [0.1, 0.15) is 11.7 Å². The van der Waals surface area contributed by atoms with Crippen LogP contribution >= 0.6 is 0 Å². The summed E-state index contributed by atoms with van der Waals surface area (Å²) >= 11 is 0. The molecule has 0 aliphatic carbocycles. The Kier molecular flexibility index (Phi) is 5.49. The zero-order valence-corrected chi connectivity index (χ0v) is 15.0. The molecule has 2 aromatic carbocycles. The fourth-order valence-electron chi connectivity index (χ4n) is 2.69. The predicted molar refractivity (Wildman–Crippen MR) is 106 cm³/mol. The number of nitrogens with zero attached hydrogens (tertiary/aromatic N) is 2. The quantitative estimate of drug-likeness (QED) is 0.463. The molecule has 0 spiro atoms. The van der Waals surface area contributed by atoms with E-state index < -0.39 is 0 Å². The van der Waals surface area contributed by atoms with Crippen LogP contribution in [0.25, 0.3) is 0 Å². The molecule has 3 N–H and O–H groups in total. The number of aryl methyl sites for hydroxylation is 1. The van der Waals surface area contributed by atoms with Gasteiger partial charge in [0, 0.05) is 17.7 Å². The van der Waals surface area contributed by atoms with Gasteiger partial charge in [0.25, 0.3) is 0 Å². The molecule has 5 nitrogen and oxygen atoms in total. The lowest BCUT2D eigenvalue weighted by Gasteiger charge is -2.20. The molecule has 0 aliphatic heterocycles. The second kappa shape index (κ2) is 8.16. The van der Waals surface area contributed by atoms with E-state index in [0.717, 1.165) is 11.1 Å². The Morgan fingerprint density at radius 1 is 1.08 bits per heavy atom. The fraction of sp³-hybridized carbons (Fsp3) is 0.143. The first-order valence-electron chi connectivity index (χ1n) is 8.55. The minimum atomic E-state index is 0.126. The van der Waals surface area contributed by atoms with E-state index in [1.54, 1.807) is 6.20 Å². The molecule has 0 bridgehead atoms. The molecule has 26 heavy (non-hydrogen) atoms. The van der Waals surface area contributed by atoms with Crippen molar-refractivity contribution in [2.45, 2.75) is 19.9 Å². The van der Waals surface area contributed by atoms with E-state index in [1.165, 1.54) is 5.56 Å². The van der Waals surface area contributed by atoms with Crippen LogP contribution in [0.3, 0.4) is 0 Å². The summed E-state index contributed by atoms with van der Waals surface area (Å²) in [6.45, 7) is 8.27. The molecule has 1 aromatic heterocycles. The molecule has 1 heterocycles. The third-order valence-electron chi connectivity index (χ3n) is 4.08. The number of amidine groups is 1. The van der Waals surface area contributed by atoms with Crippen LogP contribution in [0.1, 0.15) is 29.7 Å². The summed E-state index contributed by atoms with van der Waals surface area (Å²) in [7, 11) is 0. The first-order chi connectivity index (χ1) is 12.6. The van der Waals surface area contributed by atoms with E-state index in [4.69, 9.17) is 0 Å². The van der Waals surface area contributed by atoms with Gasteiger partial charge in [-0.25, -0.2) is 4.99 Å². The summed E-state index contributed by atoms with van der Waals surface area (Å²) in [6, 6.07) is 20.3. The molecule has 0 saturated carbocycles. The SMILES string of the molecule is C=C(N/C(=N\c1ccn[nH]1)c1ccccc1C)NC(C)c1ccccc1. The Labute approximate surface area is 153 Å². The number of benzene rings is 2. The Bertz CT molecular complexity index is 882. The molecule has 3 aromatic rings. The Hall–Kier alpha value is -3.34. The third kappa shape index (κ3) is 4.39. The normalized spacial score (nSPS) is 12.5. The molecule has 0 saturated heterocycles. The monoisotopic (exact) mass is 345 g/mol. The predicted octanol–water partition coefficient (Wildman–Crippen LogP) is 4.21. The van der Waals surface area contributed by atoms with Crippen LogP contribution in [0, 0.1) is 6.92 Å². The van der Waals surface area contributed by atoms with Crippen LogP contribution in [0.4, 0.5) is 5.82 Å². The largest absolute Gasteiger partial charge is 0.366 e. The first kappa shape index (κ1) is 17.5. The van der Waals surface area contributed by atoms with Crippen LogP contribution in [0.15, 0.2) is 84.3 Å². The Morgan fingerprint density at radius 2 is 1.81 bits per heavy atom. The number of aliphatic imine (C=N–C) groups is 1. The van der Waals surface area contributed by atoms with Gasteiger partial charge in [-0.3, -0.25) is 5.10 Å². The molecule has 0 amide bonds. The molecule has 0 aliphatic rings. The average Bonchev–Trinajstić information content (AvgIpc) is 3.15. The zero-order valence-electron chi connectivity index (χ0n) is 15.0. The van der Waals surface area contributed by atoms with Crippen LogP contribution in [0.5, 0.6) is 0 Å². The van der Waals surface area contributed by atoms with Crippen molar-refractivity contribution in [3.63, 3.8) is 0 Å². The maximum atomic E-state index is 4.66. The van der Waals surface area contributed by atoms with Crippen LogP contribution in [0.2, 0.25) is 0 Å². The van der Waals surface area contributed by atoms with E-state index in [-0.39, 0.29) is 6.04 Å². The molecule has 3 rings (SSSR count). The number of hydrogen-bond donors (Lipinski definition) is 3. The molecule has 5 heteroatoms. The van der Waals surface area contributed by atoms with Gasteiger partial charge < -0.3 is 10.6 Å². The maximum Gasteiger partial charge on any atom is 0.150 e. The van der Waals surface area contributed by atoms with Gasteiger partial charge in [0.2, 0.25) is 0 Å². The standard InChI is InChI=1S/C21H23N5/c1-15-9-7-8-12-19(15)21(25-20-13-14-22-26-20)24-17(3)23-16(2)18-10-5-4-6-11-18/h4-14,16,23H,3H2,1-2H3,(H2,22,24,25,26). The van der Waals surface area contributed by atoms with Crippen molar-refractivity contribution in [1.29, 1.82) is 0 Å². The van der Waals surface area contributed by atoms with E-state index in [2.05, 4.69) is 64.4 Å². The summed E-state index contributed by atoms with van der Waals surface area (Å²) in [6.07, 6.45) is 1.68. The van der Waals surface area contributed by atoms with Crippen molar-refractivity contribution >= 4 is 11.7 Å². The molecule has 0 fully saturated rings. The first-order valence-corrected chi connectivity index (χ1v) is 8.55. The Balaban J connectivity index is 1.80. The minimum Gasteiger partial charge on any atom is -0.366 e. The molecule has 1 atom stereocenters. The van der Waals surface area contributed by atoms with Gasteiger partial charge in [-0.15, -0.1) is 0 Å². The summed E-state index contributed by atoms with van der Waals surface area (Å²) in [5, 5.41) is 13.5.